The van der Waals surface area contributed by atoms with Gasteiger partial charge in [-0.25, -0.2) is 0 Å². The third-order valence-corrected chi connectivity index (χ3v) is 15.1. The summed E-state index contributed by atoms with van der Waals surface area (Å²) in [5.74, 6) is -15.2. The van der Waals surface area contributed by atoms with Gasteiger partial charge < -0.3 is 91.6 Å². The smallest absolute Gasteiger partial charge is 0.317 e. The van der Waals surface area contributed by atoms with Gasteiger partial charge in [0.05, 0.1) is 106 Å². The number of hydrogen-bond donors (Lipinski definition) is 17. The highest BCUT2D eigenvalue weighted by molar-refractivity contribution is 7.86. The van der Waals surface area contributed by atoms with Crippen molar-refractivity contribution in [2.24, 2.45) is 0 Å². The Morgan fingerprint density at radius 2 is 0.729 bits per heavy atom. The number of carboxylic acids is 6. The van der Waals surface area contributed by atoms with Gasteiger partial charge in [-0.2, -0.15) is 25.3 Å². The number of nitrogens with one attached hydrogen (secondary N) is 4. The summed E-state index contributed by atoms with van der Waals surface area (Å²) in [4.78, 5) is 132. The van der Waals surface area contributed by atoms with Crippen molar-refractivity contribution in [2.75, 3.05) is 142 Å². The Balaban J connectivity index is -0.00000138. The summed E-state index contributed by atoms with van der Waals surface area (Å²) in [7, 11) is -13.7. The molecule has 0 bridgehead atoms. The minimum atomic E-state index is -4.80. The van der Waals surface area contributed by atoms with E-state index in [-0.39, 0.29) is 71.5 Å². The van der Waals surface area contributed by atoms with Gasteiger partial charge >= 0.3 is 35.8 Å². The summed E-state index contributed by atoms with van der Waals surface area (Å²) in [6.07, 6.45) is -0.933. The Hall–Kier alpha value is -6.50. The van der Waals surface area contributed by atoms with Crippen molar-refractivity contribution in [3.63, 3.8) is 0 Å². The first-order valence-corrected chi connectivity index (χ1v) is 34.5. The fourth-order valence-corrected chi connectivity index (χ4v) is 9.78. The van der Waals surface area contributed by atoms with Crippen molar-refractivity contribution in [2.45, 2.75) is 122 Å². The molecule has 0 rings (SSSR count). The van der Waals surface area contributed by atoms with Gasteiger partial charge in [-0.05, 0) is 44.9 Å². The molecule has 0 aliphatic carbocycles. The van der Waals surface area contributed by atoms with Crippen LogP contribution in [0.3, 0.4) is 0 Å². The molecule has 5 amide bonds. The third-order valence-electron chi connectivity index (χ3n) is 12.9. The molecule has 0 aliphatic rings. The van der Waals surface area contributed by atoms with E-state index in [0.717, 1.165) is 9.80 Å². The highest BCUT2D eigenvalue weighted by Crippen LogP contribution is 2.11. The van der Waals surface area contributed by atoms with Gasteiger partial charge in [0.25, 0.3) is 30.4 Å². The molecule has 44 heteroatoms. The standard InChI is InChI=1S/C22H41N3O13S.C16H29N3O10S.C14H27N3O9S/c1-3-17(27)13-37-8-4-5-9-38-14-18(28)10-24(16(2)26)7-6-23-22(33)19(15-39(34,35)36)25(11-20(29)30)12-21(31)32;1-3-12(21)8-18(11(2)20)6-5-17-16(26)13(4-7-30(27,28)29)19(9-14(22)23)10-15(24)25;1-2-10(18)7-15-4-5-16-14(23)11(3-6-27(24,25)26)17(8-12(19)20)9-13(21)22/h17-19,27-28H,3-15H2,1-2H3,(H,23,33)(H,29,30)(H,31,32)(H,34,35,36);12-13,21H,3-10H2,1-2H3,(H,17,26)(H,22,23)(H,24,25)(H,27,28,29);10-11,15,18H,2-9H2,1H3,(H,16,23)(H,19,20)(H,21,22)(H,24,25,26). The highest BCUT2D eigenvalue weighted by Gasteiger charge is 2.35. The second kappa shape index (κ2) is 50.8. The first-order chi connectivity index (χ1) is 44.4. The second-order valence-corrected chi connectivity index (χ2v) is 25.9. The maximum Gasteiger partial charge on any atom is 0.317 e. The molecule has 0 aromatic heterocycles. The number of carbonyl (C=O) groups is 11. The van der Waals surface area contributed by atoms with Gasteiger partial charge in [0.15, 0.2) is 0 Å². The van der Waals surface area contributed by atoms with Crippen molar-refractivity contribution in [3.05, 3.63) is 0 Å². The maximum absolute atomic E-state index is 12.6. The van der Waals surface area contributed by atoms with Crippen LogP contribution in [0.25, 0.3) is 0 Å². The Labute approximate surface area is 555 Å². The van der Waals surface area contributed by atoms with Crippen molar-refractivity contribution >= 4 is 95.7 Å². The number of carbonyl (C=O) groups excluding carboxylic acids is 5. The van der Waals surface area contributed by atoms with Gasteiger partial charge in [-0.1, -0.05) is 20.8 Å². The van der Waals surface area contributed by atoms with Gasteiger partial charge in [0.2, 0.25) is 29.5 Å². The van der Waals surface area contributed by atoms with Crippen LogP contribution in [-0.2, 0) is 92.6 Å². The number of nitrogens with zero attached hydrogens (tertiary/aromatic N) is 5. The van der Waals surface area contributed by atoms with Crippen LogP contribution in [0.5, 0.6) is 0 Å². The van der Waals surface area contributed by atoms with E-state index in [2.05, 4.69) is 21.3 Å². The number of unbranched alkanes of at least 4 members (excludes halogenated alkanes) is 1. The summed E-state index contributed by atoms with van der Waals surface area (Å²) >= 11 is 0. The van der Waals surface area contributed by atoms with E-state index in [9.17, 15) is 103 Å². The number of carboxylic acid groups (broad SMARTS) is 6. The minimum Gasteiger partial charge on any atom is -0.480 e. The van der Waals surface area contributed by atoms with Crippen molar-refractivity contribution in [1.82, 2.24) is 45.8 Å². The number of hydrogen-bond acceptors (Lipinski definition) is 27. The Kier molecular flexibility index (Phi) is 49.6. The molecule has 7 unspecified atom stereocenters. The molecule has 0 saturated carbocycles. The van der Waals surface area contributed by atoms with Crippen LogP contribution in [0.4, 0.5) is 0 Å². The maximum atomic E-state index is 12.6. The topological polar surface area (TPSA) is 636 Å². The number of rotatable bonds is 53. The van der Waals surface area contributed by atoms with E-state index < -0.39 is 202 Å². The Morgan fingerprint density at radius 3 is 1.04 bits per heavy atom. The molecule has 0 saturated heterocycles. The Morgan fingerprint density at radius 1 is 0.417 bits per heavy atom. The van der Waals surface area contributed by atoms with E-state index in [1.165, 1.54) is 23.6 Å². The van der Waals surface area contributed by atoms with E-state index >= 15 is 0 Å². The molecule has 17 N–H and O–H groups in total. The molecule has 560 valence electrons. The summed E-state index contributed by atoms with van der Waals surface area (Å²) in [6.45, 7) is 3.76. The molecule has 0 spiro atoms. The van der Waals surface area contributed by atoms with E-state index in [0.29, 0.717) is 56.8 Å². The third kappa shape index (κ3) is 52.7. The number of aliphatic hydroxyl groups excluding tert-OH is 4. The zero-order chi connectivity index (χ0) is 74.5. The molecule has 0 aliphatic heterocycles. The van der Waals surface area contributed by atoms with E-state index in [1.54, 1.807) is 13.8 Å². The summed E-state index contributed by atoms with van der Waals surface area (Å²) in [5, 5.41) is 102. The largest absolute Gasteiger partial charge is 0.480 e. The molecule has 0 fully saturated rings. The highest BCUT2D eigenvalue weighted by atomic mass is 32.2. The molecule has 41 nitrogen and oxygen atoms in total. The lowest BCUT2D eigenvalue weighted by Crippen LogP contribution is -2.54. The predicted octanol–water partition coefficient (Wildman–Crippen LogP) is -6.96. The van der Waals surface area contributed by atoms with Gasteiger partial charge in [0, 0.05) is 86.0 Å². The summed E-state index contributed by atoms with van der Waals surface area (Å²) in [5.41, 5.74) is 0. The number of aliphatic carboxylic acids is 6. The average molecular weight is 1460 g/mol. The van der Waals surface area contributed by atoms with Crippen LogP contribution in [-0.4, -0.2) is 364 Å². The first kappa shape index (κ1) is 93.7. The average Bonchev–Trinajstić information content (AvgIpc) is 1.00. The molecule has 96 heavy (non-hydrogen) atoms. The lowest BCUT2D eigenvalue weighted by molar-refractivity contribution is -0.146. The molecule has 0 aromatic carbocycles. The van der Waals surface area contributed by atoms with Crippen LogP contribution in [0.15, 0.2) is 0 Å². The van der Waals surface area contributed by atoms with Crippen molar-refractivity contribution in [3.8, 4) is 0 Å². The SMILES string of the molecule is CCC(O)CN(CCNC(=O)C(CCS(=O)(=O)O)N(CC(=O)O)CC(=O)O)C(C)=O.CCC(O)CNCCNC(=O)C(CCS(=O)(=O)O)N(CC(=O)O)CC(=O)O.CCC(O)COCCCCOCC(O)CN(CCNC(=O)C(CS(=O)(=O)O)N(CC(=O)O)CC(=O)O)C(C)=O. The predicted molar refractivity (Wildman–Crippen MR) is 333 cm³/mol. The first-order valence-electron chi connectivity index (χ1n) is 29.7. The molecule has 7 atom stereocenters. The van der Waals surface area contributed by atoms with E-state index in [1.807, 2.05) is 6.92 Å². The van der Waals surface area contributed by atoms with Crippen LogP contribution < -0.4 is 21.3 Å². The molecule has 0 radical (unpaired) electrons. The van der Waals surface area contributed by atoms with Crippen LogP contribution in [0, 0.1) is 0 Å². The van der Waals surface area contributed by atoms with Crippen LogP contribution in [0.2, 0.25) is 0 Å². The quantitative estimate of drug-likeness (QED) is 0.0199. The summed E-state index contributed by atoms with van der Waals surface area (Å²) in [6, 6.07) is -4.68. The van der Waals surface area contributed by atoms with Crippen molar-refractivity contribution in [1.29, 1.82) is 0 Å². The van der Waals surface area contributed by atoms with E-state index in [4.69, 9.17) is 49.2 Å². The minimum absolute atomic E-state index is 0.0149. The van der Waals surface area contributed by atoms with Crippen LogP contribution in [0.1, 0.15) is 79.6 Å². The normalized spacial score (nSPS) is 13.8. The Bertz CT molecular complexity index is 2710. The van der Waals surface area contributed by atoms with Crippen molar-refractivity contribution < 1.29 is 152 Å². The molecular weight excluding hydrogens is 1360 g/mol. The zero-order valence-corrected chi connectivity index (χ0v) is 56.5. The molecular formula is C52H97N9O32S3. The van der Waals surface area contributed by atoms with Crippen LogP contribution >= 0.6 is 0 Å². The molecule has 0 heterocycles. The lowest BCUT2D eigenvalue weighted by Gasteiger charge is -2.28. The van der Waals surface area contributed by atoms with Gasteiger partial charge in [-0.3, -0.25) is 81.1 Å². The lowest BCUT2D eigenvalue weighted by atomic mass is 10.1. The number of amides is 5. The number of ether oxygens (including phenoxy) is 2. The van der Waals surface area contributed by atoms with Gasteiger partial charge in [0.1, 0.15) is 6.04 Å². The second-order valence-electron chi connectivity index (χ2n) is 21.2. The number of aliphatic hydroxyl groups is 4. The fraction of sp³-hybridized carbons (Fsp3) is 0.788. The fourth-order valence-electron chi connectivity index (χ4n) is 7.98. The monoisotopic (exact) mass is 1460 g/mol. The molecule has 0 aromatic rings. The zero-order valence-electron chi connectivity index (χ0n) is 54.1. The summed E-state index contributed by atoms with van der Waals surface area (Å²) < 4.78 is 104. The van der Waals surface area contributed by atoms with Gasteiger partial charge in [-0.15, -0.1) is 0 Å².